The summed E-state index contributed by atoms with van der Waals surface area (Å²) in [4.78, 5) is 4.46. The predicted molar refractivity (Wildman–Crippen MR) is 102 cm³/mol. The highest BCUT2D eigenvalue weighted by Gasteiger charge is 2.27. The number of para-hydroxylation sites is 3. The lowest BCUT2D eigenvalue weighted by Crippen LogP contribution is -2.30. The van der Waals surface area contributed by atoms with Crippen molar-refractivity contribution in [3.05, 3.63) is 77.6 Å². The lowest BCUT2D eigenvalue weighted by Gasteiger charge is -2.09. The second-order valence-corrected chi connectivity index (χ2v) is 6.62. The highest BCUT2D eigenvalue weighted by molar-refractivity contribution is 5.80. The Balaban J connectivity index is 2.18. The summed E-state index contributed by atoms with van der Waals surface area (Å²) < 4.78 is 4.62. The molecule has 0 fully saturated rings. The van der Waals surface area contributed by atoms with Crippen molar-refractivity contribution in [1.29, 1.82) is 0 Å². The van der Waals surface area contributed by atoms with Gasteiger partial charge in [0.2, 0.25) is 0 Å². The number of pyridine rings is 1. The van der Waals surface area contributed by atoms with E-state index >= 15 is 0 Å². The molecule has 2 heterocycles. The molecule has 0 radical (unpaired) electrons. The van der Waals surface area contributed by atoms with E-state index in [0.29, 0.717) is 0 Å². The fourth-order valence-corrected chi connectivity index (χ4v) is 3.53. The fourth-order valence-electron chi connectivity index (χ4n) is 3.53. The normalized spacial score (nSPS) is 11.2. The third kappa shape index (κ3) is 2.35. The summed E-state index contributed by atoms with van der Waals surface area (Å²) in [6.45, 7) is 6.45. The molecule has 124 valence electrons. The van der Waals surface area contributed by atoms with E-state index in [4.69, 9.17) is 0 Å². The van der Waals surface area contributed by atoms with Crippen LogP contribution in [-0.4, -0.2) is 9.55 Å². The minimum Gasteiger partial charge on any atom is -0.263 e. The Morgan fingerprint density at radius 3 is 2.36 bits per heavy atom. The SMILES string of the molecule is Cc1ccccc1-n1c(-c2cncc(C)c2C)[n+](C)c2ccccc21. The summed E-state index contributed by atoms with van der Waals surface area (Å²) in [5.41, 5.74) is 8.51. The van der Waals surface area contributed by atoms with Crippen molar-refractivity contribution in [3.63, 3.8) is 0 Å². The first-order chi connectivity index (χ1) is 12.1. The van der Waals surface area contributed by atoms with Crippen LogP contribution in [-0.2, 0) is 7.05 Å². The van der Waals surface area contributed by atoms with E-state index in [0.717, 1.165) is 5.82 Å². The predicted octanol–water partition coefficient (Wildman–Crippen LogP) is 4.44. The van der Waals surface area contributed by atoms with Gasteiger partial charge in [0, 0.05) is 12.4 Å². The monoisotopic (exact) mass is 328 g/mol. The van der Waals surface area contributed by atoms with Crippen LogP contribution in [0.5, 0.6) is 0 Å². The minimum absolute atomic E-state index is 1.16. The van der Waals surface area contributed by atoms with E-state index in [1.54, 1.807) is 0 Å². The summed E-state index contributed by atoms with van der Waals surface area (Å²) in [6.07, 6.45) is 3.91. The first kappa shape index (κ1) is 15.6. The summed E-state index contributed by atoms with van der Waals surface area (Å²) in [7, 11) is 2.13. The van der Waals surface area contributed by atoms with E-state index in [9.17, 15) is 0 Å². The highest BCUT2D eigenvalue weighted by Crippen LogP contribution is 2.30. The molecule has 0 aliphatic carbocycles. The second kappa shape index (κ2) is 5.85. The number of hydrogen-bond donors (Lipinski definition) is 0. The van der Waals surface area contributed by atoms with E-state index in [2.05, 4.69) is 90.5 Å². The molecule has 3 heteroatoms. The third-order valence-electron chi connectivity index (χ3n) is 5.08. The van der Waals surface area contributed by atoms with E-state index in [-0.39, 0.29) is 0 Å². The van der Waals surface area contributed by atoms with Crippen LogP contribution < -0.4 is 4.57 Å². The highest BCUT2D eigenvalue weighted by atomic mass is 15.2. The number of imidazole rings is 1. The molecule has 4 aromatic rings. The smallest absolute Gasteiger partial charge is 0.263 e. The molecule has 0 N–H and O–H groups in total. The lowest BCUT2D eigenvalue weighted by atomic mass is 10.1. The first-order valence-corrected chi connectivity index (χ1v) is 8.56. The zero-order valence-electron chi connectivity index (χ0n) is 15.1. The quantitative estimate of drug-likeness (QED) is 0.499. The molecule has 0 aliphatic rings. The van der Waals surface area contributed by atoms with Gasteiger partial charge < -0.3 is 0 Å². The van der Waals surface area contributed by atoms with Crippen molar-refractivity contribution in [3.8, 4) is 17.1 Å². The molecular formula is C22H22N3+. The minimum atomic E-state index is 1.16. The molecule has 0 unspecified atom stereocenters. The van der Waals surface area contributed by atoms with Gasteiger partial charge in [0.25, 0.3) is 5.82 Å². The third-order valence-corrected chi connectivity index (χ3v) is 5.08. The number of aromatic nitrogens is 3. The van der Waals surface area contributed by atoms with Crippen molar-refractivity contribution >= 4 is 11.0 Å². The van der Waals surface area contributed by atoms with Crippen LogP contribution in [0.25, 0.3) is 28.1 Å². The maximum atomic E-state index is 4.46. The largest absolute Gasteiger partial charge is 0.296 e. The van der Waals surface area contributed by atoms with Crippen LogP contribution in [0.3, 0.4) is 0 Å². The van der Waals surface area contributed by atoms with Crippen molar-refractivity contribution in [2.24, 2.45) is 7.05 Å². The number of nitrogens with zero attached hydrogens (tertiary/aromatic N) is 3. The molecular weight excluding hydrogens is 306 g/mol. The molecule has 2 aromatic carbocycles. The molecule has 4 rings (SSSR count). The van der Waals surface area contributed by atoms with Gasteiger partial charge in [-0.3, -0.25) is 4.98 Å². The van der Waals surface area contributed by atoms with Crippen LogP contribution in [0, 0.1) is 20.8 Å². The summed E-state index contributed by atoms with van der Waals surface area (Å²) in [5.74, 6) is 1.16. The maximum absolute atomic E-state index is 4.46. The maximum Gasteiger partial charge on any atom is 0.296 e. The van der Waals surface area contributed by atoms with Gasteiger partial charge in [-0.2, -0.15) is 4.57 Å². The Hall–Kier alpha value is -2.94. The average Bonchev–Trinajstić information content (AvgIpc) is 2.91. The van der Waals surface area contributed by atoms with Crippen LogP contribution in [0.1, 0.15) is 16.7 Å². The average molecular weight is 328 g/mol. The zero-order valence-corrected chi connectivity index (χ0v) is 15.1. The molecule has 25 heavy (non-hydrogen) atoms. The molecule has 0 saturated carbocycles. The number of benzene rings is 2. The van der Waals surface area contributed by atoms with Gasteiger partial charge in [0.05, 0.1) is 12.6 Å². The molecule has 0 aliphatic heterocycles. The Kier molecular flexibility index (Phi) is 3.65. The molecule has 0 amide bonds. The van der Waals surface area contributed by atoms with Gasteiger partial charge in [-0.25, -0.2) is 4.57 Å². The van der Waals surface area contributed by atoms with Crippen molar-refractivity contribution < 1.29 is 4.57 Å². The molecule has 2 aromatic heterocycles. The zero-order chi connectivity index (χ0) is 17.6. The van der Waals surface area contributed by atoms with Gasteiger partial charge in [0.15, 0.2) is 11.0 Å². The molecule has 0 bridgehead atoms. The van der Waals surface area contributed by atoms with Crippen molar-refractivity contribution in [2.45, 2.75) is 20.8 Å². The van der Waals surface area contributed by atoms with Gasteiger partial charge in [-0.15, -0.1) is 0 Å². The van der Waals surface area contributed by atoms with Gasteiger partial charge >= 0.3 is 0 Å². The van der Waals surface area contributed by atoms with Crippen LogP contribution in [0.4, 0.5) is 0 Å². The number of rotatable bonds is 2. The van der Waals surface area contributed by atoms with Crippen LogP contribution >= 0.6 is 0 Å². The Bertz CT molecular complexity index is 1090. The molecule has 0 atom stereocenters. The second-order valence-electron chi connectivity index (χ2n) is 6.62. The summed E-state index contributed by atoms with van der Waals surface area (Å²) in [6, 6.07) is 17.1. The Labute approximate surface area is 148 Å². The number of hydrogen-bond acceptors (Lipinski definition) is 1. The van der Waals surface area contributed by atoms with E-state index in [1.807, 2.05) is 12.4 Å². The molecule has 3 nitrogen and oxygen atoms in total. The fraction of sp³-hybridized carbons (Fsp3) is 0.182. The summed E-state index contributed by atoms with van der Waals surface area (Å²) in [5, 5.41) is 0. The summed E-state index contributed by atoms with van der Waals surface area (Å²) >= 11 is 0. The Morgan fingerprint density at radius 2 is 1.56 bits per heavy atom. The Morgan fingerprint density at radius 1 is 0.840 bits per heavy atom. The molecule has 0 spiro atoms. The van der Waals surface area contributed by atoms with Crippen LogP contribution in [0.2, 0.25) is 0 Å². The number of fused-ring (bicyclic) bond motifs is 1. The van der Waals surface area contributed by atoms with Gasteiger partial charge in [-0.1, -0.05) is 30.3 Å². The van der Waals surface area contributed by atoms with E-state index < -0.39 is 0 Å². The topological polar surface area (TPSA) is 21.7 Å². The van der Waals surface area contributed by atoms with Gasteiger partial charge in [-0.05, 0) is 55.7 Å². The lowest BCUT2D eigenvalue weighted by molar-refractivity contribution is -0.633. The molecule has 0 saturated heterocycles. The van der Waals surface area contributed by atoms with Crippen molar-refractivity contribution in [1.82, 2.24) is 9.55 Å². The number of aryl methyl sites for hydroxylation is 3. The van der Waals surface area contributed by atoms with Crippen LogP contribution in [0.15, 0.2) is 60.9 Å². The first-order valence-electron chi connectivity index (χ1n) is 8.56. The van der Waals surface area contributed by atoms with Gasteiger partial charge in [0.1, 0.15) is 5.69 Å². The standard InChI is InChI=1S/C22H22N3/c1-15-9-5-6-10-19(15)25-21-12-8-7-11-20(21)24(4)22(25)18-14-23-13-16(2)17(18)3/h5-14H,1-4H3/q+1. The van der Waals surface area contributed by atoms with E-state index in [1.165, 1.54) is 39.0 Å². The van der Waals surface area contributed by atoms with Crippen molar-refractivity contribution in [2.75, 3.05) is 0 Å².